The first kappa shape index (κ1) is 20.1. The fourth-order valence-electron chi connectivity index (χ4n) is 2.13. The largest absolute Gasteiger partial charge is 0.478 e. The second-order valence-electron chi connectivity index (χ2n) is 6.48. The van der Waals surface area contributed by atoms with Crippen LogP contribution in [0.25, 0.3) is 11.1 Å². The quantitative estimate of drug-likeness (QED) is 0.447. The number of nitriles is 1. The minimum Gasteiger partial charge on any atom is -0.478 e. The third kappa shape index (κ3) is 5.15. The van der Waals surface area contributed by atoms with Gasteiger partial charge in [0.15, 0.2) is 5.57 Å². The third-order valence-corrected chi connectivity index (χ3v) is 4.16. The molecular formula is C19H17FN2O4S. The summed E-state index contributed by atoms with van der Waals surface area (Å²) in [6.45, 7) is 5.01. The number of hydrogen-bond donors (Lipinski definition) is 2. The van der Waals surface area contributed by atoms with Crippen molar-refractivity contribution in [1.29, 1.82) is 5.26 Å². The van der Waals surface area contributed by atoms with Gasteiger partial charge in [-0.05, 0) is 38.5 Å². The second-order valence-corrected chi connectivity index (χ2v) is 7.36. The monoisotopic (exact) mass is 388 g/mol. The first-order valence-electron chi connectivity index (χ1n) is 7.83. The molecule has 0 saturated heterocycles. The number of esters is 1. The van der Waals surface area contributed by atoms with Crippen molar-refractivity contribution < 1.29 is 23.8 Å². The molecule has 0 amide bonds. The SMILES string of the molecule is CC(C)(C)OC(=O)/C(C#N)=C/Nc1scc(-c2ccc(F)cc2)c1C(=O)O. The number of nitrogens with zero attached hydrogens (tertiary/aromatic N) is 1. The molecule has 27 heavy (non-hydrogen) atoms. The summed E-state index contributed by atoms with van der Waals surface area (Å²) in [6.07, 6.45) is 1.11. The lowest BCUT2D eigenvalue weighted by Gasteiger charge is -2.18. The van der Waals surface area contributed by atoms with Crippen LogP contribution in [-0.4, -0.2) is 22.6 Å². The third-order valence-electron chi connectivity index (χ3n) is 3.25. The number of anilines is 1. The zero-order valence-electron chi connectivity index (χ0n) is 14.9. The van der Waals surface area contributed by atoms with Crippen molar-refractivity contribution in [3.8, 4) is 17.2 Å². The van der Waals surface area contributed by atoms with E-state index in [-0.39, 0.29) is 16.1 Å². The van der Waals surface area contributed by atoms with Gasteiger partial charge in [0.05, 0.1) is 0 Å². The molecule has 0 spiro atoms. The van der Waals surface area contributed by atoms with Gasteiger partial charge in [-0.25, -0.2) is 14.0 Å². The molecule has 0 bridgehead atoms. The van der Waals surface area contributed by atoms with E-state index in [0.29, 0.717) is 11.1 Å². The van der Waals surface area contributed by atoms with Crippen molar-refractivity contribution in [3.05, 3.63) is 52.8 Å². The average molecular weight is 388 g/mol. The summed E-state index contributed by atoms with van der Waals surface area (Å²) in [5, 5.41) is 23.2. The van der Waals surface area contributed by atoms with Crippen LogP contribution in [0.3, 0.4) is 0 Å². The number of benzene rings is 1. The zero-order chi connectivity index (χ0) is 20.2. The van der Waals surface area contributed by atoms with Crippen LogP contribution in [0.1, 0.15) is 31.1 Å². The van der Waals surface area contributed by atoms with E-state index in [9.17, 15) is 19.1 Å². The molecule has 2 rings (SSSR count). The number of rotatable bonds is 5. The van der Waals surface area contributed by atoms with Gasteiger partial charge in [0.2, 0.25) is 0 Å². The summed E-state index contributed by atoms with van der Waals surface area (Å²) in [5.41, 5.74) is -0.158. The summed E-state index contributed by atoms with van der Waals surface area (Å²) in [7, 11) is 0. The summed E-state index contributed by atoms with van der Waals surface area (Å²) in [5.74, 6) is -2.44. The topological polar surface area (TPSA) is 99.4 Å². The maximum absolute atomic E-state index is 13.1. The van der Waals surface area contributed by atoms with Crippen LogP contribution in [-0.2, 0) is 9.53 Å². The first-order chi connectivity index (χ1) is 12.6. The molecule has 6 nitrogen and oxygen atoms in total. The number of carbonyl (C=O) groups is 2. The number of hydrogen-bond acceptors (Lipinski definition) is 6. The highest BCUT2D eigenvalue weighted by Crippen LogP contribution is 2.35. The summed E-state index contributed by atoms with van der Waals surface area (Å²) >= 11 is 1.09. The van der Waals surface area contributed by atoms with Crippen LogP contribution >= 0.6 is 11.3 Å². The van der Waals surface area contributed by atoms with Gasteiger partial charge in [0.1, 0.15) is 28.1 Å². The molecule has 8 heteroatoms. The van der Waals surface area contributed by atoms with Gasteiger partial charge in [0.25, 0.3) is 0 Å². The van der Waals surface area contributed by atoms with Crippen molar-refractivity contribution >= 4 is 28.3 Å². The van der Waals surface area contributed by atoms with Crippen molar-refractivity contribution in [3.63, 3.8) is 0 Å². The Morgan fingerprint density at radius 1 is 1.30 bits per heavy atom. The van der Waals surface area contributed by atoms with Crippen LogP contribution in [0.5, 0.6) is 0 Å². The maximum Gasteiger partial charge on any atom is 0.350 e. The molecule has 1 aromatic carbocycles. The molecule has 0 aliphatic carbocycles. The molecule has 1 heterocycles. The van der Waals surface area contributed by atoms with Crippen molar-refractivity contribution in [2.75, 3.05) is 5.32 Å². The van der Waals surface area contributed by atoms with Gasteiger partial charge >= 0.3 is 11.9 Å². The molecule has 2 N–H and O–H groups in total. The standard InChI is InChI=1S/C19H17FN2O4S/c1-19(2,3)26-18(25)12(8-21)9-22-16-15(17(23)24)14(10-27-16)11-4-6-13(20)7-5-11/h4-7,9-10,22H,1-3H3,(H,23,24)/b12-9+. The minimum absolute atomic E-state index is 0.0377. The number of carboxylic acid groups (broad SMARTS) is 1. The van der Waals surface area contributed by atoms with Gasteiger partial charge in [0, 0.05) is 17.1 Å². The lowest BCUT2D eigenvalue weighted by molar-refractivity contribution is -0.149. The number of aromatic carboxylic acids is 1. The smallest absolute Gasteiger partial charge is 0.350 e. The minimum atomic E-state index is -1.19. The van der Waals surface area contributed by atoms with Crippen molar-refractivity contribution in [2.45, 2.75) is 26.4 Å². The number of ether oxygens (including phenoxy) is 1. The number of nitrogens with one attached hydrogen (secondary N) is 1. The Bertz CT molecular complexity index is 934. The van der Waals surface area contributed by atoms with Gasteiger partial charge in [-0.2, -0.15) is 5.26 Å². The van der Waals surface area contributed by atoms with Crippen LogP contribution in [0.4, 0.5) is 9.39 Å². The summed E-state index contributed by atoms with van der Waals surface area (Å²) in [6, 6.07) is 7.16. The van der Waals surface area contributed by atoms with Gasteiger partial charge in [-0.1, -0.05) is 12.1 Å². The molecular weight excluding hydrogens is 371 g/mol. The molecule has 0 unspecified atom stereocenters. The Labute approximate surface area is 159 Å². The predicted octanol–water partition coefficient (Wildman–Crippen LogP) is 4.41. The Kier molecular flexibility index (Phi) is 5.98. The normalized spacial score (nSPS) is 11.6. The number of carboxylic acids is 1. The molecule has 0 atom stereocenters. The number of carbonyl (C=O) groups excluding carboxylic acids is 1. The van der Waals surface area contributed by atoms with E-state index in [0.717, 1.165) is 17.5 Å². The van der Waals surface area contributed by atoms with E-state index < -0.39 is 23.4 Å². The molecule has 2 aromatic rings. The van der Waals surface area contributed by atoms with Gasteiger partial charge in [-0.15, -0.1) is 11.3 Å². The average Bonchev–Trinajstić information content (AvgIpc) is 2.98. The fourth-order valence-corrected chi connectivity index (χ4v) is 3.06. The van der Waals surface area contributed by atoms with E-state index in [1.165, 1.54) is 24.3 Å². The van der Waals surface area contributed by atoms with E-state index in [1.54, 1.807) is 32.2 Å². The summed E-state index contributed by atoms with van der Waals surface area (Å²) < 4.78 is 18.2. The highest BCUT2D eigenvalue weighted by atomic mass is 32.1. The molecule has 140 valence electrons. The van der Waals surface area contributed by atoms with Crippen LogP contribution in [0.2, 0.25) is 0 Å². The highest BCUT2D eigenvalue weighted by Gasteiger charge is 2.22. The van der Waals surface area contributed by atoms with Crippen molar-refractivity contribution in [2.24, 2.45) is 0 Å². The van der Waals surface area contributed by atoms with E-state index in [2.05, 4.69) is 5.32 Å². The Balaban J connectivity index is 2.34. The molecule has 1 aromatic heterocycles. The molecule has 0 fully saturated rings. The number of thiophene rings is 1. The van der Waals surface area contributed by atoms with E-state index >= 15 is 0 Å². The van der Waals surface area contributed by atoms with Crippen LogP contribution in [0, 0.1) is 17.1 Å². The van der Waals surface area contributed by atoms with Crippen LogP contribution in [0.15, 0.2) is 41.4 Å². The Morgan fingerprint density at radius 2 is 1.93 bits per heavy atom. The van der Waals surface area contributed by atoms with Gasteiger partial charge in [-0.3, -0.25) is 0 Å². The maximum atomic E-state index is 13.1. The second kappa shape index (κ2) is 8.01. The summed E-state index contributed by atoms with van der Waals surface area (Å²) in [4.78, 5) is 23.7. The van der Waals surface area contributed by atoms with Gasteiger partial charge < -0.3 is 15.2 Å². The molecule has 0 saturated carbocycles. The Hall–Kier alpha value is -3.18. The van der Waals surface area contributed by atoms with Crippen molar-refractivity contribution in [1.82, 2.24) is 0 Å². The number of halogens is 1. The van der Waals surface area contributed by atoms with E-state index in [4.69, 9.17) is 10.00 Å². The highest BCUT2D eigenvalue weighted by molar-refractivity contribution is 7.15. The fraction of sp³-hybridized carbons (Fsp3) is 0.211. The lowest BCUT2D eigenvalue weighted by Crippen LogP contribution is -2.24. The van der Waals surface area contributed by atoms with E-state index in [1.807, 2.05) is 0 Å². The Morgan fingerprint density at radius 3 is 2.44 bits per heavy atom. The molecule has 0 radical (unpaired) electrons. The first-order valence-corrected chi connectivity index (χ1v) is 8.71. The zero-order valence-corrected chi connectivity index (χ0v) is 15.7. The molecule has 0 aliphatic rings. The molecule has 0 aliphatic heterocycles. The van der Waals surface area contributed by atoms with Crippen LogP contribution < -0.4 is 5.32 Å². The predicted molar refractivity (Wildman–Crippen MR) is 99.8 cm³/mol. The lowest BCUT2D eigenvalue weighted by atomic mass is 10.0.